The van der Waals surface area contributed by atoms with Gasteiger partial charge in [-0.25, -0.2) is 4.79 Å². The van der Waals surface area contributed by atoms with Crippen molar-refractivity contribution >= 4 is 11.9 Å². The molecule has 6 nitrogen and oxygen atoms in total. The number of nitrogens with zero attached hydrogens (tertiary/aromatic N) is 3. The van der Waals surface area contributed by atoms with Gasteiger partial charge in [-0.15, -0.1) is 0 Å². The van der Waals surface area contributed by atoms with Crippen molar-refractivity contribution in [1.82, 2.24) is 15.1 Å². The van der Waals surface area contributed by atoms with Crippen molar-refractivity contribution in [2.24, 2.45) is 11.3 Å². The minimum Gasteiger partial charge on any atom is -0.341 e. The number of nitriles is 1. The molecule has 0 radical (unpaired) electrons. The first-order chi connectivity index (χ1) is 12.5. The summed E-state index contributed by atoms with van der Waals surface area (Å²) >= 11 is 0. The average molecular weight is 370 g/mol. The van der Waals surface area contributed by atoms with Crippen molar-refractivity contribution in [2.75, 3.05) is 14.1 Å². The van der Waals surface area contributed by atoms with Gasteiger partial charge in [0.1, 0.15) is 6.17 Å². The maximum Gasteiger partial charge on any atom is 0.319 e. The van der Waals surface area contributed by atoms with Crippen LogP contribution in [0.15, 0.2) is 24.3 Å². The Morgan fingerprint density at radius 3 is 2.26 bits per heavy atom. The number of hydrogen-bond acceptors (Lipinski definition) is 3. The van der Waals surface area contributed by atoms with Crippen LogP contribution in [0.2, 0.25) is 0 Å². The van der Waals surface area contributed by atoms with E-state index in [1.165, 1.54) is 0 Å². The van der Waals surface area contributed by atoms with E-state index in [0.717, 1.165) is 5.56 Å². The Kier molecular flexibility index (Phi) is 5.55. The minimum absolute atomic E-state index is 0.0931. The Morgan fingerprint density at radius 1 is 1.30 bits per heavy atom. The number of carbonyl (C=O) groups is 2. The first-order valence-electron chi connectivity index (χ1n) is 9.29. The van der Waals surface area contributed by atoms with Crippen LogP contribution in [0, 0.1) is 22.7 Å². The van der Waals surface area contributed by atoms with Gasteiger partial charge in [-0.1, -0.05) is 46.8 Å². The van der Waals surface area contributed by atoms with Gasteiger partial charge in [0.25, 0.3) is 5.91 Å². The molecule has 146 valence electrons. The van der Waals surface area contributed by atoms with Crippen LogP contribution in [0.3, 0.4) is 0 Å². The molecular formula is C21H30N4O2. The van der Waals surface area contributed by atoms with Gasteiger partial charge < -0.3 is 10.2 Å². The molecule has 2 atom stereocenters. The van der Waals surface area contributed by atoms with Crippen molar-refractivity contribution in [2.45, 2.75) is 52.7 Å². The fraction of sp³-hybridized carbons (Fsp3) is 0.571. The third kappa shape index (κ3) is 3.39. The van der Waals surface area contributed by atoms with Gasteiger partial charge in [0, 0.05) is 19.5 Å². The molecule has 0 spiro atoms. The Balaban J connectivity index is 2.79. The second-order valence-electron chi connectivity index (χ2n) is 8.73. The number of rotatable bonds is 3. The van der Waals surface area contributed by atoms with E-state index in [-0.39, 0.29) is 29.4 Å². The molecule has 3 amide bonds. The number of likely N-dealkylation sites (N-methyl/N-ethyl adjacent to an activating group) is 1. The second-order valence-corrected chi connectivity index (χ2v) is 8.73. The molecule has 0 aliphatic carbocycles. The van der Waals surface area contributed by atoms with Crippen molar-refractivity contribution in [3.8, 4) is 6.07 Å². The molecule has 0 bridgehead atoms. The maximum atomic E-state index is 13.6. The number of hydrogen-bond donors (Lipinski definition) is 1. The lowest BCUT2D eigenvalue weighted by Gasteiger charge is -2.43. The number of benzene rings is 1. The fourth-order valence-electron chi connectivity index (χ4n) is 4.24. The van der Waals surface area contributed by atoms with Gasteiger partial charge in [-0.2, -0.15) is 5.26 Å². The summed E-state index contributed by atoms with van der Waals surface area (Å²) in [5, 5.41) is 11.9. The van der Waals surface area contributed by atoms with E-state index in [1.807, 2.05) is 34.6 Å². The van der Waals surface area contributed by atoms with Gasteiger partial charge in [-0.05, 0) is 30.0 Å². The smallest absolute Gasteiger partial charge is 0.319 e. The summed E-state index contributed by atoms with van der Waals surface area (Å²) in [7, 11) is 3.35. The van der Waals surface area contributed by atoms with Crippen molar-refractivity contribution in [1.29, 1.82) is 5.26 Å². The molecule has 1 aromatic carbocycles. The summed E-state index contributed by atoms with van der Waals surface area (Å²) < 4.78 is 0. The standard InChI is InChI=1S/C21H30N4O2/c1-14(2)12-21(16-10-8-15(13-22)9-11-16)18(26)24(7)17(20(3,4)5)25(21)19(27)23-6/h8-11,14,17H,12H2,1-7H3,(H,23,27). The third-order valence-corrected chi connectivity index (χ3v) is 5.10. The zero-order valence-electron chi connectivity index (χ0n) is 17.3. The van der Waals surface area contributed by atoms with E-state index in [0.29, 0.717) is 12.0 Å². The summed E-state index contributed by atoms with van der Waals surface area (Å²) in [4.78, 5) is 30.1. The Hall–Kier alpha value is -2.55. The molecule has 2 rings (SSSR count). The lowest BCUT2D eigenvalue weighted by Crippen LogP contribution is -2.57. The Labute approximate surface area is 162 Å². The predicted molar refractivity (Wildman–Crippen MR) is 105 cm³/mol. The molecule has 1 saturated heterocycles. The zero-order chi connectivity index (χ0) is 20.6. The van der Waals surface area contributed by atoms with Gasteiger partial charge in [0.15, 0.2) is 5.54 Å². The predicted octanol–water partition coefficient (Wildman–Crippen LogP) is 3.29. The van der Waals surface area contributed by atoms with Crippen LogP contribution in [0.5, 0.6) is 0 Å². The van der Waals surface area contributed by atoms with Crippen molar-refractivity contribution in [3.63, 3.8) is 0 Å². The largest absolute Gasteiger partial charge is 0.341 e. The van der Waals surface area contributed by atoms with Crippen LogP contribution in [-0.2, 0) is 10.3 Å². The van der Waals surface area contributed by atoms with Crippen LogP contribution >= 0.6 is 0 Å². The molecule has 1 N–H and O–H groups in total. The van der Waals surface area contributed by atoms with E-state index in [2.05, 4.69) is 11.4 Å². The maximum absolute atomic E-state index is 13.6. The van der Waals surface area contributed by atoms with E-state index in [4.69, 9.17) is 5.26 Å². The molecule has 1 fully saturated rings. The van der Waals surface area contributed by atoms with Crippen molar-refractivity contribution in [3.05, 3.63) is 35.4 Å². The average Bonchev–Trinajstić information content (AvgIpc) is 2.83. The lowest BCUT2D eigenvalue weighted by molar-refractivity contribution is -0.134. The summed E-state index contributed by atoms with van der Waals surface area (Å²) in [6.45, 7) is 10.2. The number of amides is 3. The molecule has 0 saturated carbocycles. The van der Waals surface area contributed by atoms with E-state index in [1.54, 1.807) is 48.2 Å². The third-order valence-electron chi connectivity index (χ3n) is 5.10. The SMILES string of the molecule is CNC(=O)N1C(C(C)(C)C)N(C)C(=O)C1(CC(C)C)c1ccc(C#N)cc1. The fourth-order valence-corrected chi connectivity index (χ4v) is 4.24. The normalized spacial score (nSPS) is 22.9. The van der Waals surface area contributed by atoms with Crippen LogP contribution < -0.4 is 5.32 Å². The Bertz CT molecular complexity index is 758. The Morgan fingerprint density at radius 2 is 1.85 bits per heavy atom. The van der Waals surface area contributed by atoms with Crippen LogP contribution in [0.25, 0.3) is 0 Å². The van der Waals surface area contributed by atoms with Gasteiger partial charge in [0.05, 0.1) is 11.6 Å². The molecular weight excluding hydrogens is 340 g/mol. The molecule has 27 heavy (non-hydrogen) atoms. The molecule has 1 aliphatic heterocycles. The highest BCUT2D eigenvalue weighted by molar-refractivity contribution is 5.95. The number of urea groups is 1. The number of carbonyl (C=O) groups excluding carboxylic acids is 2. The lowest BCUT2D eigenvalue weighted by atomic mass is 9.80. The quantitative estimate of drug-likeness (QED) is 0.887. The molecule has 1 aromatic rings. The zero-order valence-corrected chi connectivity index (χ0v) is 17.3. The first-order valence-corrected chi connectivity index (χ1v) is 9.29. The second kappa shape index (κ2) is 7.22. The summed E-state index contributed by atoms with van der Waals surface area (Å²) in [6.07, 6.45) is 0.113. The van der Waals surface area contributed by atoms with Gasteiger partial charge in [-0.3, -0.25) is 9.69 Å². The number of nitrogens with one attached hydrogen (secondary N) is 1. The first kappa shape index (κ1) is 20.8. The molecule has 1 heterocycles. The topological polar surface area (TPSA) is 76.4 Å². The van der Waals surface area contributed by atoms with Crippen molar-refractivity contribution < 1.29 is 9.59 Å². The van der Waals surface area contributed by atoms with Crippen LogP contribution in [0.1, 0.15) is 52.2 Å². The van der Waals surface area contributed by atoms with Crippen LogP contribution in [-0.4, -0.2) is 42.0 Å². The molecule has 0 aromatic heterocycles. The summed E-state index contributed by atoms with van der Waals surface area (Å²) in [5.41, 5.74) is -0.171. The van der Waals surface area contributed by atoms with Gasteiger partial charge >= 0.3 is 6.03 Å². The highest BCUT2D eigenvalue weighted by Crippen LogP contribution is 2.48. The van der Waals surface area contributed by atoms with Crippen LogP contribution in [0.4, 0.5) is 4.79 Å². The van der Waals surface area contributed by atoms with E-state index < -0.39 is 5.54 Å². The highest BCUT2D eigenvalue weighted by atomic mass is 16.2. The van der Waals surface area contributed by atoms with Gasteiger partial charge in [0.2, 0.25) is 0 Å². The molecule has 6 heteroatoms. The molecule has 2 unspecified atom stereocenters. The highest BCUT2D eigenvalue weighted by Gasteiger charge is 2.61. The van der Waals surface area contributed by atoms with E-state index in [9.17, 15) is 9.59 Å². The van der Waals surface area contributed by atoms with E-state index >= 15 is 0 Å². The summed E-state index contributed by atoms with van der Waals surface area (Å²) in [5.74, 6) is 0.0910. The monoisotopic (exact) mass is 370 g/mol. The minimum atomic E-state index is -1.10. The summed E-state index contributed by atoms with van der Waals surface area (Å²) in [6, 6.07) is 8.84. The molecule has 1 aliphatic rings.